The van der Waals surface area contributed by atoms with Crippen molar-refractivity contribution in [2.75, 3.05) is 6.54 Å². The Hall–Kier alpha value is -0.0187. The van der Waals surface area contributed by atoms with Gasteiger partial charge in [0.15, 0.2) is 0 Å². The van der Waals surface area contributed by atoms with Gasteiger partial charge in [0.05, 0.1) is 0 Å². The molecule has 0 radical (unpaired) electrons. The molecule has 1 aromatic rings. The molecular formula is C14H18BF3KNO2. The number of halogens is 3. The second-order valence-electron chi connectivity index (χ2n) is 5.59. The monoisotopic (exact) mass is 339 g/mol. The maximum Gasteiger partial charge on any atom is 1.00 e. The van der Waals surface area contributed by atoms with Gasteiger partial charge in [0.1, 0.15) is 6.61 Å². The van der Waals surface area contributed by atoms with Crippen LogP contribution in [0.2, 0.25) is 6.32 Å². The zero-order valence-electron chi connectivity index (χ0n) is 12.6. The molecule has 1 N–H and O–H groups in total. The summed E-state index contributed by atoms with van der Waals surface area (Å²) in [5.74, 6) is -0.130. The summed E-state index contributed by atoms with van der Waals surface area (Å²) in [5.41, 5.74) is 0.892. The maximum absolute atomic E-state index is 12.2. The molecule has 3 nitrogen and oxygen atoms in total. The number of alkyl carbamates (subject to hydrolysis) is 1. The number of carbonyl (C=O) groups is 1. The Balaban J connectivity index is 0.00000242. The summed E-state index contributed by atoms with van der Waals surface area (Å²) in [4.78, 5) is 11.5. The average Bonchev–Trinajstić information content (AvgIpc) is 2.39. The van der Waals surface area contributed by atoms with Crippen molar-refractivity contribution in [3.05, 3.63) is 35.9 Å². The smallest absolute Gasteiger partial charge is 0.449 e. The van der Waals surface area contributed by atoms with Gasteiger partial charge in [0.25, 0.3) is 0 Å². The number of benzene rings is 1. The Labute approximate surface area is 170 Å². The molecule has 2 rings (SSSR count). The van der Waals surface area contributed by atoms with Crippen molar-refractivity contribution in [1.29, 1.82) is 0 Å². The van der Waals surface area contributed by atoms with Gasteiger partial charge in [-0.25, -0.2) is 4.79 Å². The van der Waals surface area contributed by atoms with E-state index in [4.69, 9.17) is 4.74 Å². The van der Waals surface area contributed by atoms with E-state index in [2.05, 4.69) is 5.32 Å². The molecule has 1 amide bonds. The number of amides is 1. The molecule has 1 saturated carbocycles. The van der Waals surface area contributed by atoms with E-state index in [1.165, 1.54) is 0 Å². The van der Waals surface area contributed by atoms with Gasteiger partial charge >= 0.3 is 64.5 Å². The number of hydrogen-bond donors (Lipinski definition) is 1. The van der Waals surface area contributed by atoms with Crippen molar-refractivity contribution in [3.8, 4) is 0 Å². The Morgan fingerprint density at radius 3 is 2.41 bits per heavy atom. The molecule has 1 aromatic carbocycles. The minimum absolute atomic E-state index is 0. The van der Waals surface area contributed by atoms with E-state index >= 15 is 0 Å². The van der Waals surface area contributed by atoms with E-state index in [1.807, 2.05) is 30.3 Å². The molecule has 0 heterocycles. The number of ether oxygens (including phenoxy) is 1. The van der Waals surface area contributed by atoms with Crippen LogP contribution in [0.3, 0.4) is 0 Å². The quantitative estimate of drug-likeness (QED) is 0.779. The first-order chi connectivity index (χ1) is 9.92. The van der Waals surface area contributed by atoms with Crippen molar-refractivity contribution >= 4 is 13.1 Å². The van der Waals surface area contributed by atoms with Gasteiger partial charge in [-0.15, -0.1) is 0 Å². The predicted octanol–water partition coefficient (Wildman–Crippen LogP) is 0.790. The predicted molar refractivity (Wildman–Crippen MR) is 74.7 cm³/mol. The van der Waals surface area contributed by atoms with E-state index in [1.54, 1.807) is 0 Å². The molecule has 0 unspecified atom stereocenters. The fourth-order valence-corrected chi connectivity index (χ4v) is 2.61. The summed E-state index contributed by atoms with van der Waals surface area (Å²) in [6.07, 6.45) is -0.127. The van der Waals surface area contributed by atoms with Gasteiger partial charge in [-0.1, -0.05) is 42.6 Å². The fraction of sp³-hybridized carbons (Fsp3) is 0.500. The standard InChI is InChI=1S/C14H18BF3NO2.K/c16-15(17,18)8-12-6-13(7-12)9-19-14(20)21-10-11-4-2-1-3-5-11;/h1-5,12-13H,6-10H2,(H,19,20);/q-1;+1. The molecule has 0 aromatic heterocycles. The van der Waals surface area contributed by atoms with Crippen LogP contribution in [0.4, 0.5) is 17.7 Å². The van der Waals surface area contributed by atoms with Crippen LogP contribution in [0, 0.1) is 11.8 Å². The molecule has 0 atom stereocenters. The zero-order chi connectivity index (χ0) is 15.3. The van der Waals surface area contributed by atoms with Gasteiger partial charge in [0, 0.05) is 6.54 Å². The minimum Gasteiger partial charge on any atom is -0.449 e. The first-order valence-corrected chi connectivity index (χ1v) is 7.08. The van der Waals surface area contributed by atoms with Gasteiger partial charge in [0.2, 0.25) is 0 Å². The van der Waals surface area contributed by atoms with Crippen LogP contribution in [0.15, 0.2) is 30.3 Å². The summed E-state index contributed by atoms with van der Waals surface area (Å²) in [6, 6.07) is 9.28. The number of hydrogen-bond acceptors (Lipinski definition) is 2. The molecule has 1 fully saturated rings. The topological polar surface area (TPSA) is 38.3 Å². The maximum atomic E-state index is 12.2. The second kappa shape index (κ2) is 9.32. The Kier molecular flexibility index (Phi) is 8.48. The molecule has 22 heavy (non-hydrogen) atoms. The third-order valence-electron chi connectivity index (χ3n) is 3.68. The largest absolute Gasteiger partial charge is 1.00 e. The molecular weight excluding hydrogens is 321 g/mol. The van der Waals surface area contributed by atoms with Crippen LogP contribution >= 0.6 is 0 Å². The SMILES string of the molecule is O=C(NCC1CC(C[B-](F)(F)F)C1)OCc1ccccc1.[K+]. The average molecular weight is 339 g/mol. The van der Waals surface area contributed by atoms with E-state index < -0.39 is 19.4 Å². The third kappa shape index (κ3) is 7.50. The van der Waals surface area contributed by atoms with Crippen LogP contribution < -0.4 is 56.7 Å². The van der Waals surface area contributed by atoms with Crippen molar-refractivity contribution in [1.82, 2.24) is 5.32 Å². The first-order valence-electron chi connectivity index (χ1n) is 7.08. The summed E-state index contributed by atoms with van der Waals surface area (Å²) in [7, 11) is 0. The molecule has 0 spiro atoms. The molecule has 0 aliphatic heterocycles. The van der Waals surface area contributed by atoms with Gasteiger partial charge in [-0.2, -0.15) is 0 Å². The number of rotatable bonds is 6. The summed E-state index contributed by atoms with van der Waals surface area (Å²) < 4.78 is 41.6. The molecule has 0 saturated heterocycles. The second-order valence-corrected chi connectivity index (χ2v) is 5.59. The van der Waals surface area contributed by atoms with Crippen molar-refractivity contribution in [2.24, 2.45) is 11.8 Å². The van der Waals surface area contributed by atoms with Gasteiger partial charge in [-0.3, -0.25) is 0 Å². The minimum atomic E-state index is -4.69. The Morgan fingerprint density at radius 2 is 1.82 bits per heavy atom. The van der Waals surface area contributed by atoms with Crippen molar-refractivity contribution < 1.29 is 73.9 Å². The van der Waals surface area contributed by atoms with Crippen molar-refractivity contribution in [3.63, 3.8) is 0 Å². The zero-order valence-corrected chi connectivity index (χ0v) is 15.7. The molecule has 0 bridgehead atoms. The molecule has 8 heteroatoms. The fourth-order valence-electron chi connectivity index (χ4n) is 2.61. The Morgan fingerprint density at radius 1 is 1.18 bits per heavy atom. The molecule has 1 aliphatic rings. The van der Waals surface area contributed by atoms with Crippen LogP contribution in [0.5, 0.6) is 0 Å². The van der Waals surface area contributed by atoms with Gasteiger partial charge < -0.3 is 23.0 Å². The first kappa shape index (κ1) is 20.0. The molecule has 116 valence electrons. The summed E-state index contributed by atoms with van der Waals surface area (Å²) >= 11 is 0. The van der Waals surface area contributed by atoms with Crippen LogP contribution in [0.1, 0.15) is 18.4 Å². The van der Waals surface area contributed by atoms with Crippen LogP contribution in [-0.4, -0.2) is 19.6 Å². The van der Waals surface area contributed by atoms with Crippen LogP contribution in [-0.2, 0) is 11.3 Å². The molecule has 1 aliphatic carbocycles. The summed E-state index contributed by atoms with van der Waals surface area (Å²) in [5, 5.41) is 2.60. The number of carbonyl (C=O) groups excluding carboxylic acids is 1. The van der Waals surface area contributed by atoms with E-state index in [-0.39, 0.29) is 69.8 Å². The number of nitrogens with one attached hydrogen (secondary N) is 1. The van der Waals surface area contributed by atoms with Crippen molar-refractivity contribution in [2.45, 2.75) is 25.8 Å². The van der Waals surface area contributed by atoms with Gasteiger partial charge in [-0.05, 0) is 24.3 Å². The normalized spacial score (nSPS) is 20.5. The van der Waals surface area contributed by atoms with E-state index in [0.29, 0.717) is 19.4 Å². The third-order valence-corrected chi connectivity index (χ3v) is 3.68. The van der Waals surface area contributed by atoms with E-state index in [9.17, 15) is 17.7 Å². The summed E-state index contributed by atoms with van der Waals surface area (Å²) in [6.45, 7) is -4.11. The van der Waals surface area contributed by atoms with E-state index in [0.717, 1.165) is 5.56 Å². The van der Waals surface area contributed by atoms with Crippen LogP contribution in [0.25, 0.3) is 0 Å². The Bertz CT molecular complexity index is 467.